The van der Waals surface area contributed by atoms with E-state index in [1.807, 2.05) is 0 Å². The number of nitrogens with zero attached hydrogens (tertiary/aromatic N) is 1. The van der Waals surface area contributed by atoms with Crippen LogP contribution in [-0.4, -0.2) is 25.1 Å². The molecule has 1 aliphatic heterocycles. The molecule has 0 bridgehead atoms. The molecule has 2 nitrogen and oxygen atoms in total. The van der Waals surface area contributed by atoms with Crippen molar-refractivity contribution in [2.24, 2.45) is 0 Å². The third kappa shape index (κ3) is 2.32. The van der Waals surface area contributed by atoms with Crippen LogP contribution in [0.3, 0.4) is 0 Å². The fourth-order valence-electron chi connectivity index (χ4n) is 2.82. The Hall–Kier alpha value is -1.02. The zero-order chi connectivity index (χ0) is 12.4. The molecular weight excluding hydrogens is 210 g/mol. The van der Waals surface area contributed by atoms with E-state index in [-0.39, 0.29) is 0 Å². The average Bonchev–Trinajstić information content (AvgIpc) is 2.85. The molecule has 0 aliphatic carbocycles. The number of hydrogen-bond donors (Lipinski definition) is 0. The van der Waals surface area contributed by atoms with Crippen molar-refractivity contribution in [3.63, 3.8) is 0 Å². The summed E-state index contributed by atoms with van der Waals surface area (Å²) in [6.07, 6.45) is 2.69. The van der Waals surface area contributed by atoms with Gasteiger partial charge in [0.15, 0.2) is 0 Å². The Bertz CT molecular complexity index is 394. The molecule has 0 saturated carbocycles. The van der Waals surface area contributed by atoms with Crippen molar-refractivity contribution in [2.45, 2.75) is 39.7 Å². The molecule has 1 atom stereocenters. The van der Waals surface area contributed by atoms with E-state index in [1.54, 1.807) is 7.11 Å². The van der Waals surface area contributed by atoms with E-state index >= 15 is 0 Å². The third-order valence-corrected chi connectivity index (χ3v) is 4.14. The van der Waals surface area contributed by atoms with Crippen molar-refractivity contribution in [2.75, 3.05) is 20.2 Å². The first kappa shape index (κ1) is 12.4. The van der Waals surface area contributed by atoms with Crippen molar-refractivity contribution >= 4 is 0 Å². The molecule has 0 spiro atoms. The molecule has 0 N–H and O–H groups in total. The molecule has 2 rings (SSSR count). The number of rotatable bonds is 3. The van der Waals surface area contributed by atoms with Gasteiger partial charge in [0.05, 0.1) is 7.11 Å². The molecular formula is C15H23NO. The van der Waals surface area contributed by atoms with Crippen LogP contribution in [-0.2, 0) is 0 Å². The fraction of sp³-hybridized carbons (Fsp3) is 0.600. The second-order valence-electron chi connectivity index (χ2n) is 5.03. The minimum absolute atomic E-state index is 0.530. The maximum atomic E-state index is 5.37. The summed E-state index contributed by atoms with van der Waals surface area (Å²) in [5.41, 5.74) is 4.10. The van der Waals surface area contributed by atoms with E-state index in [4.69, 9.17) is 4.74 Å². The van der Waals surface area contributed by atoms with Gasteiger partial charge in [-0.25, -0.2) is 0 Å². The number of benzene rings is 1. The molecule has 1 aromatic rings. The Morgan fingerprint density at radius 1 is 1.12 bits per heavy atom. The van der Waals surface area contributed by atoms with Crippen molar-refractivity contribution < 1.29 is 4.74 Å². The summed E-state index contributed by atoms with van der Waals surface area (Å²) in [6, 6.07) is 4.86. The number of ether oxygens (including phenoxy) is 1. The van der Waals surface area contributed by atoms with Crippen molar-refractivity contribution in [3.05, 3.63) is 28.8 Å². The van der Waals surface area contributed by atoms with E-state index in [1.165, 1.54) is 42.6 Å². The Morgan fingerprint density at radius 3 is 2.35 bits per heavy atom. The SMILES string of the molecule is COc1ccc(C(C)N2CCCC2)c(C)c1C. The van der Waals surface area contributed by atoms with Crippen LogP contribution in [0.4, 0.5) is 0 Å². The minimum Gasteiger partial charge on any atom is -0.496 e. The zero-order valence-corrected chi connectivity index (χ0v) is 11.4. The van der Waals surface area contributed by atoms with Gasteiger partial charge in [-0.2, -0.15) is 0 Å². The van der Waals surface area contributed by atoms with Crippen LogP contribution in [0.15, 0.2) is 12.1 Å². The Morgan fingerprint density at radius 2 is 1.76 bits per heavy atom. The lowest BCUT2D eigenvalue weighted by Crippen LogP contribution is -2.24. The first-order valence-corrected chi connectivity index (χ1v) is 6.53. The lowest BCUT2D eigenvalue weighted by atomic mass is 9.97. The highest BCUT2D eigenvalue weighted by molar-refractivity contribution is 5.44. The van der Waals surface area contributed by atoms with Gasteiger partial charge in [-0.05, 0) is 69.5 Å². The summed E-state index contributed by atoms with van der Waals surface area (Å²) < 4.78 is 5.37. The predicted octanol–water partition coefficient (Wildman–Crippen LogP) is 3.47. The van der Waals surface area contributed by atoms with Gasteiger partial charge < -0.3 is 4.74 Å². The lowest BCUT2D eigenvalue weighted by Gasteiger charge is -2.26. The third-order valence-electron chi connectivity index (χ3n) is 4.14. The average molecular weight is 233 g/mol. The number of methoxy groups -OCH3 is 1. The monoisotopic (exact) mass is 233 g/mol. The summed E-state index contributed by atoms with van der Waals surface area (Å²) in [4.78, 5) is 2.58. The normalized spacial score (nSPS) is 18.4. The van der Waals surface area contributed by atoms with E-state index in [2.05, 4.69) is 37.8 Å². The van der Waals surface area contributed by atoms with Crippen LogP contribution in [0.2, 0.25) is 0 Å². The summed E-state index contributed by atoms with van der Waals surface area (Å²) in [6.45, 7) is 9.16. The van der Waals surface area contributed by atoms with Gasteiger partial charge in [-0.15, -0.1) is 0 Å². The summed E-state index contributed by atoms with van der Waals surface area (Å²) in [5.74, 6) is 1.000. The standard InChI is InChI=1S/C15H23NO/c1-11-12(2)15(17-4)8-7-14(11)13(3)16-9-5-6-10-16/h7-8,13H,5-6,9-10H2,1-4H3. The molecule has 0 aromatic heterocycles. The van der Waals surface area contributed by atoms with Gasteiger partial charge in [0.1, 0.15) is 5.75 Å². The highest BCUT2D eigenvalue weighted by Gasteiger charge is 2.21. The van der Waals surface area contributed by atoms with Crippen LogP contribution < -0.4 is 4.74 Å². The summed E-state index contributed by atoms with van der Waals surface area (Å²) in [7, 11) is 1.74. The van der Waals surface area contributed by atoms with Crippen LogP contribution in [0.1, 0.15) is 42.5 Å². The second-order valence-corrected chi connectivity index (χ2v) is 5.03. The first-order valence-electron chi connectivity index (χ1n) is 6.53. The molecule has 1 unspecified atom stereocenters. The van der Waals surface area contributed by atoms with E-state index in [9.17, 15) is 0 Å². The maximum absolute atomic E-state index is 5.37. The van der Waals surface area contributed by atoms with Gasteiger partial charge >= 0.3 is 0 Å². The highest BCUT2D eigenvalue weighted by atomic mass is 16.5. The Labute approximate surface area is 105 Å². The second kappa shape index (κ2) is 5.09. The van der Waals surface area contributed by atoms with Gasteiger partial charge in [-0.1, -0.05) is 6.07 Å². The molecule has 1 saturated heterocycles. The van der Waals surface area contributed by atoms with Crippen molar-refractivity contribution in [3.8, 4) is 5.75 Å². The zero-order valence-electron chi connectivity index (χ0n) is 11.4. The van der Waals surface area contributed by atoms with Gasteiger partial charge in [0.25, 0.3) is 0 Å². The number of likely N-dealkylation sites (tertiary alicyclic amines) is 1. The van der Waals surface area contributed by atoms with Gasteiger partial charge in [0, 0.05) is 6.04 Å². The highest BCUT2D eigenvalue weighted by Crippen LogP contribution is 2.31. The Balaban J connectivity index is 2.29. The summed E-state index contributed by atoms with van der Waals surface area (Å²) in [5, 5.41) is 0. The van der Waals surface area contributed by atoms with Crippen LogP contribution in [0, 0.1) is 13.8 Å². The van der Waals surface area contributed by atoms with E-state index < -0.39 is 0 Å². The van der Waals surface area contributed by atoms with Crippen LogP contribution in [0.5, 0.6) is 5.75 Å². The first-order chi connectivity index (χ1) is 8.15. The smallest absolute Gasteiger partial charge is 0.122 e. The van der Waals surface area contributed by atoms with Crippen molar-refractivity contribution in [1.82, 2.24) is 4.90 Å². The van der Waals surface area contributed by atoms with Crippen LogP contribution >= 0.6 is 0 Å². The molecule has 2 heteroatoms. The Kier molecular flexibility index (Phi) is 3.72. The molecule has 94 valence electrons. The predicted molar refractivity (Wildman–Crippen MR) is 71.7 cm³/mol. The fourth-order valence-corrected chi connectivity index (χ4v) is 2.82. The molecule has 0 radical (unpaired) electrons. The largest absolute Gasteiger partial charge is 0.496 e. The molecule has 1 aliphatic rings. The molecule has 17 heavy (non-hydrogen) atoms. The molecule has 0 amide bonds. The molecule has 1 aromatic carbocycles. The molecule has 1 fully saturated rings. The number of hydrogen-bond acceptors (Lipinski definition) is 2. The topological polar surface area (TPSA) is 12.5 Å². The molecule has 1 heterocycles. The lowest BCUT2D eigenvalue weighted by molar-refractivity contribution is 0.262. The van der Waals surface area contributed by atoms with Crippen LogP contribution in [0.25, 0.3) is 0 Å². The van der Waals surface area contributed by atoms with E-state index in [0.717, 1.165) is 5.75 Å². The van der Waals surface area contributed by atoms with Crippen molar-refractivity contribution in [1.29, 1.82) is 0 Å². The van der Waals surface area contributed by atoms with E-state index in [0.29, 0.717) is 6.04 Å². The maximum Gasteiger partial charge on any atom is 0.122 e. The quantitative estimate of drug-likeness (QED) is 0.792. The van der Waals surface area contributed by atoms with Gasteiger partial charge in [-0.3, -0.25) is 4.90 Å². The minimum atomic E-state index is 0.530. The summed E-state index contributed by atoms with van der Waals surface area (Å²) >= 11 is 0. The van der Waals surface area contributed by atoms with Gasteiger partial charge in [0.2, 0.25) is 0 Å².